The lowest BCUT2D eigenvalue weighted by Crippen LogP contribution is -2.49. The highest BCUT2D eigenvalue weighted by Gasteiger charge is 2.23. The molecule has 2 rings (SSSR count). The van der Waals surface area contributed by atoms with Crippen LogP contribution in [-0.2, 0) is 11.2 Å². The first-order chi connectivity index (χ1) is 10.6. The lowest BCUT2D eigenvalue weighted by molar-refractivity contribution is 0.0405. The van der Waals surface area contributed by atoms with Gasteiger partial charge in [0.15, 0.2) is 0 Å². The second-order valence-electron chi connectivity index (χ2n) is 5.72. The molecule has 2 heterocycles. The maximum absolute atomic E-state index is 12.4. The van der Waals surface area contributed by atoms with Crippen molar-refractivity contribution in [3.05, 3.63) is 16.1 Å². The van der Waals surface area contributed by atoms with Crippen LogP contribution < -0.4 is 5.73 Å². The van der Waals surface area contributed by atoms with Crippen LogP contribution in [0.2, 0.25) is 0 Å². The molecule has 0 atom stereocenters. The number of carbonyl (C=O) groups excluding carboxylic acids is 1. The van der Waals surface area contributed by atoms with Crippen LogP contribution in [0.4, 0.5) is 0 Å². The van der Waals surface area contributed by atoms with Gasteiger partial charge in [-0.05, 0) is 20.4 Å². The number of piperazine rings is 1. The van der Waals surface area contributed by atoms with Crippen LogP contribution in [0.3, 0.4) is 0 Å². The molecule has 1 aliphatic heterocycles. The molecule has 2 N–H and O–H groups in total. The minimum absolute atomic E-state index is 0. The Balaban J connectivity index is 0.00000264. The molecule has 0 aliphatic carbocycles. The third kappa shape index (κ3) is 7.21. The number of hydrogen-bond acceptors (Lipinski definition) is 6. The second kappa shape index (κ2) is 12.0. The van der Waals surface area contributed by atoms with Gasteiger partial charge in [-0.25, -0.2) is 4.98 Å². The molecular formula is C15H28Cl2N4O2S. The minimum atomic E-state index is 0. The fraction of sp³-hybridized carbons (Fsp3) is 0.733. The van der Waals surface area contributed by atoms with Gasteiger partial charge in [-0.2, -0.15) is 0 Å². The topological polar surface area (TPSA) is 71.7 Å². The third-order valence-corrected chi connectivity index (χ3v) is 4.56. The lowest BCUT2D eigenvalue weighted by Gasteiger charge is -2.34. The molecule has 1 fully saturated rings. The van der Waals surface area contributed by atoms with E-state index in [1.54, 1.807) is 0 Å². The van der Waals surface area contributed by atoms with Gasteiger partial charge in [-0.15, -0.1) is 36.2 Å². The van der Waals surface area contributed by atoms with E-state index in [4.69, 9.17) is 10.5 Å². The van der Waals surface area contributed by atoms with E-state index in [1.807, 2.05) is 24.1 Å². The number of thiazole rings is 1. The van der Waals surface area contributed by atoms with E-state index in [2.05, 4.69) is 9.88 Å². The Morgan fingerprint density at radius 3 is 2.58 bits per heavy atom. The van der Waals surface area contributed by atoms with Crippen molar-refractivity contribution in [1.29, 1.82) is 0 Å². The summed E-state index contributed by atoms with van der Waals surface area (Å²) in [4.78, 5) is 21.0. The van der Waals surface area contributed by atoms with E-state index in [1.165, 1.54) is 11.3 Å². The molecule has 0 aromatic carbocycles. The molecule has 140 valence electrons. The lowest BCUT2D eigenvalue weighted by atomic mass is 10.3. The standard InChI is InChI=1S/C15H26N4O2S.2ClH/c1-12(2)21-10-9-18-5-7-19(8-6-18)15(20)13-11-22-14(17-13)3-4-16;;/h11-12H,3-10,16H2,1-2H3;2*1H. The first-order valence-corrected chi connectivity index (χ1v) is 8.76. The fourth-order valence-electron chi connectivity index (χ4n) is 2.40. The predicted molar refractivity (Wildman–Crippen MR) is 103 cm³/mol. The van der Waals surface area contributed by atoms with Gasteiger partial charge in [-0.1, -0.05) is 0 Å². The van der Waals surface area contributed by atoms with Gasteiger partial charge < -0.3 is 15.4 Å². The Hall–Kier alpha value is -0.440. The van der Waals surface area contributed by atoms with Crippen molar-refractivity contribution in [1.82, 2.24) is 14.8 Å². The molecule has 0 unspecified atom stereocenters. The molecule has 1 aliphatic rings. The van der Waals surface area contributed by atoms with Gasteiger partial charge in [-0.3, -0.25) is 9.69 Å². The Bertz CT molecular complexity index is 480. The van der Waals surface area contributed by atoms with Crippen LogP contribution in [0, 0.1) is 0 Å². The highest BCUT2D eigenvalue weighted by atomic mass is 35.5. The summed E-state index contributed by atoms with van der Waals surface area (Å²) in [5.74, 6) is 0.0394. The Kier molecular flexibility index (Phi) is 11.8. The third-order valence-electron chi connectivity index (χ3n) is 3.65. The monoisotopic (exact) mass is 398 g/mol. The van der Waals surface area contributed by atoms with E-state index >= 15 is 0 Å². The quantitative estimate of drug-likeness (QED) is 0.755. The van der Waals surface area contributed by atoms with Gasteiger partial charge in [0.25, 0.3) is 5.91 Å². The summed E-state index contributed by atoms with van der Waals surface area (Å²) in [6.45, 7) is 9.64. The smallest absolute Gasteiger partial charge is 0.273 e. The molecule has 9 heteroatoms. The minimum Gasteiger partial charge on any atom is -0.377 e. The summed E-state index contributed by atoms with van der Waals surface area (Å²) >= 11 is 1.52. The van der Waals surface area contributed by atoms with Gasteiger partial charge in [0, 0.05) is 44.5 Å². The van der Waals surface area contributed by atoms with Crippen molar-refractivity contribution in [2.75, 3.05) is 45.9 Å². The zero-order valence-electron chi connectivity index (χ0n) is 14.3. The van der Waals surface area contributed by atoms with Gasteiger partial charge in [0.2, 0.25) is 0 Å². The maximum Gasteiger partial charge on any atom is 0.273 e. The van der Waals surface area contributed by atoms with E-state index < -0.39 is 0 Å². The van der Waals surface area contributed by atoms with Crippen molar-refractivity contribution in [3.8, 4) is 0 Å². The molecule has 0 radical (unpaired) electrons. The van der Waals surface area contributed by atoms with E-state index in [-0.39, 0.29) is 36.8 Å². The van der Waals surface area contributed by atoms with Crippen LogP contribution >= 0.6 is 36.2 Å². The van der Waals surface area contributed by atoms with E-state index in [0.717, 1.165) is 50.8 Å². The summed E-state index contributed by atoms with van der Waals surface area (Å²) in [7, 11) is 0. The zero-order chi connectivity index (χ0) is 15.9. The summed E-state index contributed by atoms with van der Waals surface area (Å²) in [5.41, 5.74) is 6.08. The number of hydrogen-bond donors (Lipinski definition) is 1. The second-order valence-corrected chi connectivity index (χ2v) is 6.66. The first kappa shape index (κ1) is 23.6. The van der Waals surface area contributed by atoms with Crippen molar-refractivity contribution in [2.24, 2.45) is 5.73 Å². The molecular weight excluding hydrogens is 371 g/mol. The molecule has 1 aromatic heterocycles. The molecule has 6 nitrogen and oxygen atoms in total. The van der Waals surface area contributed by atoms with Crippen molar-refractivity contribution >= 4 is 42.1 Å². The van der Waals surface area contributed by atoms with Crippen molar-refractivity contribution in [3.63, 3.8) is 0 Å². The number of halogens is 2. The van der Waals surface area contributed by atoms with Crippen molar-refractivity contribution in [2.45, 2.75) is 26.4 Å². The van der Waals surface area contributed by atoms with Crippen molar-refractivity contribution < 1.29 is 9.53 Å². The highest BCUT2D eigenvalue weighted by molar-refractivity contribution is 7.09. The molecule has 1 saturated heterocycles. The zero-order valence-corrected chi connectivity index (χ0v) is 16.7. The molecule has 1 amide bonds. The highest BCUT2D eigenvalue weighted by Crippen LogP contribution is 2.13. The largest absolute Gasteiger partial charge is 0.377 e. The Morgan fingerprint density at radius 2 is 2.00 bits per heavy atom. The number of rotatable bonds is 7. The van der Waals surface area contributed by atoms with Crippen LogP contribution in [0.15, 0.2) is 5.38 Å². The predicted octanol–water partition coefficient (Wildman–Crippen LogP) is 1.67. The Labute approximate surface area is 160 Å². The van der Waals surface area contributed by atoms with Gasteiger partial charge in [0.1, 0.15) is 5.69 Å². The van der Waals surface area contributed by atoms with Crippen LogP contribution in [0.1, 0.15) is 29.3 Å². The molecule has 1 aromatic rings. The van der Waals surface area contributed by atoms with Crippen LogP contribution in [-0.4, -0.2) is 72.7 Å². The average Bonchev–Trinajstić information content (AvgIpc) is 2.96. The summed E-state index contributed by atoms with van der Waals surface area (Å²) < 4.78 is 5.57. The van der Waals surface area contributed by atoms with Gasteiger partial charge >= 0.3 is 0 Å². The fourth-order valence-corrected chi connectivity index (χ4v) is 3.19. The summed E-state index contributed by atoms with van der Waals surface area (Å²) in [5, 5.41) is 2.78. The number of carbonyl (C=O) groups is 1. The summed E-state index contributed by atoms with van der Waals surface area (Å²) in [6, 6.07) is 0. The molecule has 24 heavy (non-hydrogen) atoms. The van der Waals surface area contributed by atoms with Crippen LogP contribution in [0.25, 0.3) is 0 Å². The maximum atomic E-state index is 12.4. The number of nitrogens with zero attached hydrogens (tertiary/aromatic N) is 3. The number of aromatic nitrogens is 1. The Morgan fingerprint density at radius 1 is 1.33 bits per heavy atom. The molecule has 0 bridgehead atoms. The molecule has 0 saturated carbocycles. The summed E-state index contributed by atoms with van der Waals surface area (Å²) in [6.07, 6.45) is 1.01. The molecule has 0 spiro atoms. The van der Waals surface area contributed by atoms with Gasteiger partial charge in [0.05, 0.1) is 17.7 Å². The normalized spacial score (nSPS) is 15.1. The van der Waals surface area contributed by atoms with E-state index in [9.17, 15) is 4.79 Å². The number of nitrogens with two attached hydrogens (primary N) is 1. The first-order valence-electron chi connectivity index (χ1n) is 7.88. The number of amides is 1. The average molecular weight is 399 g/mol. The number of ether oxygens (including phenoxy) is 1. The van der Waals surface area contributed by atoms with E-state index in [0.29, 0.717) is 12.2 Å². The van der Waals surface area contributed by atoms with Crippen LogP contribution in [0.5, 0.6) is 0 Å². The SMILES string of the molecule is CC(C)OCCN1CCN(C(=O)c2csc(CCN)n2)CC1.Cl.Cl.